The molecule has 0 aliphatic heterocycles. The van der Waals surface area contributed by atoms with Gasteiger partial charge in [0.1, 0.15) is 5.69 Å². The molecule has 4 aromatic rings. The number of hydrogen-bond donors (Lipinski definition) is 1. The first kappa shape index (κ1) is 22.3. The molecule has 2 aromatic heterocycles. The fourth-order valence-electron chi connectivity index (χ4n) is 4.88. The Labute approximate surface area is 205 Å². The number of carbonyl (C=O) groups excluding carboxylic acids is 1. The van der Waals surface area contributed by atoms with Gasteiger partial charge in [-0.15, -0.1) is 0 Å². The zero-order valence-corrected chi connectivity index (χ0v) is 20.1. The zero-order valence-electron chi connectivity index (χ0n) is 19.3. The Bertz CT molecular complexity index is 1350. The number of fused-ring (bicyclic) bond motifs is 1. The molecule has 5 rings (SSSR count). The Morgan fingerprint density at radius 3 is 2.44 bits per heavy atom. The minimum absolute atomic E-state index is 0.0716. The van der Waals surface area contributed by atoms with Gasteiger partial charge in [0.05, 0.1) is 0 Å². The van der Waals surface area contributed by atoms with Crippen LogP contribution in [0.1, 0.15) is 39.2 Å². The van der Waals surface area contributed by atoms with Gasteiger partial charge in [0.25, 0.3) is 5.91 Å². The number of carbonyl (C=O) groups is 1. The molecule has 170 valence electrons. The predicted molar refractivity (Wildman–Crippen MR) is 137 cm³/mol. The highest BCUT2D eigenvalue weighted by Gasteiger charge is 2.25. The average Bonchev–Trinajstić information content (AvgIpc) is 2.85. The maximum Gasteiger partial charge on any atom is 0.270 e. The number of nitrogens with zero attached hydrogens (tertiary/aromatic N) is 2. The molecule has 1 aliphatic carbocycles. The number of pyridine rings is 2. The lowest BCUT2D eigenvalue weighted by Gasteiger charge is -2.29. The molecular formula is C29H26ClN3O. The lowest BCUT2D eigenvalue weighted by molar-refractivity contribution is 0.0928. The van der Waals surface area contributed by atoms with Crippen LogP contribution in [0.15, 0.2) is 73.2 Å². The fourth-order valence-corrected chi connectivity index (χ4v) is 5.11. The van der Waals surface area contributed by atoms with E-state index in [2.05, 4.69) is 34.3 Å². The van der Waals surface area contributed by atoms with Gasteiger partial charge in [-0.2, -0.15) is 0 Å². The summed E-state index contributed by atoms with van der Waals surface area (Å²) in [6.07, 6.45) is 8.08. The molecule has 0 saturated carbocycles. The highest BCUT2D eigenvalue weighted by atomic mass is 35.5. The second-order valence-corrected chi connectivity index (χ2v) is 9.36. The monoisotopic (exact) mass is 467 g/mol. The number of hydrogen-bond acceptors (Lipinski definition) is 3. The van der Waals surface area contributed by atoms with Crippen LogP contribution < -0.4 is 5.32 Å². The van der Waals surface area contributed by atoms with E-state index in [0.29, 0.717) is 10.7 Å². The van der Waals surface area contributed by atoms with Crippen LogP contribution in [-0.4, -0.2) is 21.9 Å². The van der Waals surface area contributed by atoms with Crippen LogP contribution in [0.2, 0.25) is 5.02 Å². The maximum absolute atomic E-state index is 13.0. The Morgan fingerprint density at radius 2 is 1.71 bits per heavy atom. The number of benzene rings is 2. The van der Waals surface area contributed by atoms with Gasteiger partial charge in [0.2, 0.25) is 0 Å². The summed E-state index contributed by atoms with van der Waals surface area (Å²) in [4.78, 5) is 21.6. The zero-order chi connectivity index (χ0) is 23.7. The molecule has 4 nitrogen and oxygen atoms in total. The summed E-state index contributed by atoms with van der Waals surface area (Å²) in [5, 5.41) is 3.93. The molecule has 0 radical (unpaired) electrons. The van der Waals surface area contributed by atoms with E-state index < -0.39 is 0 Å². The summed E-state index contributed by atoms with van der Waals surface area (Å²) < 4.78 is 0. The van der Waals surface area contributed by atoms with E-state index >= 15 is 0 Å². The van der Waals surface area contributed by atoms with Crippen LogP contribution in [0, 0.1) is 13.8 Å². The molecule has 2 aromatic carbocycles. The molecule has 2 heterocycles. The van der Waals surface area contributed by atoms with E-state index in [4.69, 9.17) is 11.6 Å². The molecule has 5 heteroatoms. The summed E-state index contributed by atoms with van der Waals surface area (Å²) in [6.45, 7) is 4.19. The lowest BCUT2D eigenvalue weighted by Crippen LogP contribution is -2.39. The first-order valence-electron chi connectivity index (χ1n) is 11.5. The third-order valence-electron chi connectivity index (χ3n) is 6.68. The Morgan fingerprint density at radius 1 is 0.912 bits per heavy atom. The maximum atomic E-state index is 13.0. The van der Waals surface area contributed by atoms with Gasteiger partial charge < -0.3 is 5.32 Å². The highest BCUT2D eigenvalue weighted by Crippen LogP contribution is 2.33. The third kappa shape index (κ3) is 4.46. The van der Waals surface area contributed by atoms with Crippen LogP contribution in [0.5, 0.6) is 0 Å². The van der Waals surface area contributed by atoms with E-state index in [1.807, 2.05) is 55.7 Å². The molecule has 0 fully saturated rings. The van der Waals surface area contributed by atoms with Crippen LogP contribution >= 0.6 is 11.6 Å². The average molecular weight is 468 g/mol. The van der Waals surface area contributed by atoms with Crippen molar-refractivity contribution >= 4 is 17.5 Å². The largest absolute Gasteiger partial charge is 0.348 e. The number of aromatic nitrogens is 2. The second-order valence-electron chi connectivity index (χ2n) is 8.93. The van der Waals surface area contributed by atoms with E-state index in [9.17, 15) is 4.79 Å². The minimum Gasteiger partial charge on any atom is -0.348 e. The van der Waals surface area contributed by atoms with Crippen LogP contribution in [0.4, 0.5) is 0 Å². The van der Waals surface area contributed by atoms with E-state index in [1.165, 1.54) is 22.3 Å². The Kier molecular flexibility index (Phi) is 6.16. The predicted octanol–water partition coefficient (Wildman–Crippen LogP) is 6.37. The van der Waals surface area contributed by atoms with Crippen molar-refractivity contribution in [3.63, 3.8) is 0 Å². The smallest absolute Gasteiger partial charge is 0.270 e. The molecule has 1 atom stereocenters. The van der Waals surface area contributed by atoms with Crippen molar-refractivity contribution in [1.29, 1.82) is 0 Å². The van der Waals surface area contributed by atoms with Crippen molar-refractivity contribution < 1.29 is 4.79 Å². The lowest BCUT2D eigenvalue weighted by atomic mass is 9.81. The van der Waals surface area contributed by atoms with Crippen molar-refractivity contribution in [3.8, 4) is 22.3 Å². The number of nitrogens with one attached hydrogen (secondary N) is 1. The van der Waals surface area contributed by atoms with Gasteiger partial charge in [-0.25, -0.2) is 0 Å². The van der Waals surface area contributed by atoms with Gasteiger partial charge in [-0.1, -0.05) is 35.9 Å². The first-order chi connectivity index (χ1) is 16.5. The van der Waals surface area contributed by atoms with Crippen LogP contribution in [-0.2, 0) is 12.8 Å². The van der Waals surface area contributed by atoms with Gasteiger partial charge in [-0.05, 0) is 102 Å². The molecule has 0 spiro atoms. The SMILES string of the molecule is Cc1cc(Cl)ccc1-c1ccc(C(=O)N[C@H]2CCc3c(C)ccc(-c4ccncc4)c3C2)nc1. The summed E-state index contributed by atoms with van der Waals surface area (Å²) in [5.41, 5.74) is 9.96. The van der Waals surface area contributed by atoms with Gasteiger partial charge in [0.15, 0.2) is 0 Å². The molecule has 0 unspecified atom stereocenters. The number of amides is 1. The van der Waals surface area contributed by atoms with Crippen molar-refractivity contribution in [2.45, 2.75) is 39.2 Å². The summed E-state index contributed by atoms with van der Waals surface area (Å²) in [7, 11) is 0. The summed E-state index contributed by atoms with van der Waals surface area (Å²) in [6, 6.07) is 18.1. The summed E-state index contributed by atoms with van der Waals surface area (Å²) in [5.74, 6) is -0.133. The van der Waals surface area contributed by atoms with Crippen molar-refractivity contribution in [1.82, 2.24) is 15.3 Å². The quantitative estimate of drug-likeness (QED) is 0.379. The van der Waals surface area contributed by atoms with Gasteiger partial charge in [-0.3, -0.25) is 14.8 Å². The first-order valence-corrected chi connectivity index (χ1v) is 11.9. The molecule has 1 amide bonds. The Hall–Kier alpha value is -3.50. The standard InChI is InChI=1S/C29H26ClN3O/c1-18-3-7-26(20-11-13-31-14-12-20)27-16-23(6-9-25(18)27)33-29(34)28-10-4-21(17-32-28)24-8-5-22(30)15-19(24)2/h3-5,7-8,10-15,17,23H,6,9,16H2,1-2H3,(H,33,34)/t23-/m0/s1. The van der Waals surface area contributed by atoms with Gasteiger partial charge >= 0.3 is 0 Å². The number of rotatable bonds is 4. The van der Waals surface area contributed by atoms with Crippen LogP contribution in [0.25, 0.3) is 22.3 Å². The number of halogens is 1. The third-order valence-corrected chi connectivity index (χ3v) is 6.92. The molecule has 1 aliphatic rings. The summed E-state index contributed by atoms with van der Waals surface area (Å²) >= 11 is 6.08. The topological polar surface area (TPSA) is 54.9 Å². The van der Waals surface area contributed by atoms with Crippen molar-refractivity contribution in [3.05, 3.63) is 106 Å². The number of aryl methyl sites for hydroxylation is 2. The fraction of sp³-hybridized carbons (Fsp3) is 0.207. The second kappa shape index (κ2) is 9.40. The van der Waals surface area contributed by atoms with Gasteiger partial charge in [0, 0.05) is 35.2 Å². The van der Waals surface area contributed by atoms with Crippen molar-refractivity contribution in [2.75, 3.05) is 0 Å². The molecule has 1 N–H and O–H groups in total. The normalized spacial score (nSPS) is 15.0. The van der Waals surface area contributed by atoms with Crippen molar-refractivity contribution in [2.24, 2.45) is 0 Å². The van der Waals surface area contributed by atoms with E-state index in [-0.39, 0.29) is 11.9 Å². The van der Waals surface area contributed by atoms with E-state index in [0.717, 1.165) is 41.5 Å². The molecule has 0 saturated heterocycles. The Balaban J connectivity index is 1.34. The molecule has 34 heavy (non-hydrogen) atoms. The van der Waals surface area contributed by atoms with Crippen LogP contribution in [0.3, 0.4) is 0 Å². The van der Waals surface area contributed by atoms with E-state index in [1.54, 1.807) is 12.3 Å². The minimum atomic E-state index is -0.133. The molecule has 0 bridgehead atoms. The molecular weight excluding hydrogens is 442 g/mol. The highest BCUT2D eigenvalue weighted by molar-refractivity contribution is 6.30.